The van der Waals surface area contributed by atoms with Crippen LogP contribution in [0, 0.1) is 5.92 Å². The molecular weight excluding hydrogens is 252 g/mol. The number of anilines is 1. The summed E-state index contributed by atoms with van der Waals surface area (Å²) in [6.45, 7) is 7.95. The number of rotatable bonds is 5. The molecule has 0 aliphatic carbocycles. The minimum atomic E-state index is -0.878. The van der Waals surface area contributed by atoms with Gasteiger partial charge in [0.15, 0.2) is 0 Å². The number of benzene rings is 1. The quantitative estimate of drug-likeness (QED) is 0.868. The topological polar surface area (TPSA) is 52.6 Å². The van der Waals surface area contributed by atoms with Gasteiger partial charge in [0.05, 0.1) is 5.56 Å². The van der Waals surface area contributed by atoms with Crippen LogP contribution < -0.4 is 5.32 Å². The Morgan fingerprint density at radius 2 is 1.95 bits per heavy atom. The van der Waals surface area contributed by atoms with Crippen molar-refractivity contribution in [3.05, 3.63) is 29.8 Å². The van der Waals surface area contributed by atoms with Crippen LogP contribution in [-0.4, -0.2) is 41.7 Å². The smallest absolute Gasteiger partial charge is 0.335 e. The van der Waals surface area contributed by atoms with Gasteiger partial charge in [-0.2, -0.15) is 0 Å². The summed E-state index contributed by atoms with van der Waals surface area (Å²) in [5, 5.41) is 12.4. The van der Waals surface area contributed by atoms with Gasteiger partial charge < -0.3 is 15.3 Å². The van der Waals surface area contributed by atoms with E-state index in [2.05, 4.69) is 24.1 Å². The lowest BCUT2D eigenvalue weighted by Crippen LogP contribution is -2.39. The molecule has 110 valence electrons. The molecule has 0 saturated carbocycles. The van der Waals surface area contributed by atoms with E-state index in [9.17, 15) is 4.79 Å². The second kappa shape index (κ2) is 6.75. The van der Waals surface area contributed by atoms with E-state index in [4.69, 9.17) is 5.11 Å². The highest BCUT2D eigenvalue weighted by Gasteiger charge is 2.22. The Hall–Kier alpha value is -1.55. The van der Waals surface area contributed by atoms with Crippen LogP contribution in [0.25, 0.3) is 0 Å². The molecule has 1 aliphatic rings. The van der Waals surface area contributed by atoms with Crippen molar-refractivity contribution >= 4 is 11.7 Å². The van der Waals surface area contributed by atoms with Crippen LogP contribution in [0.4, 0.5) is 5.69 Å². The number of piperidine rings is 1. The van der Waals surface area contributed by atoms with Gasteiger partial charge in [0.2, 0.25) is 0 Å². The van der Waals surface area contributed by atoms with Crippen molar-refractivity contribution in [3.8, 4) is 0 Å². The molecular formula is C16H24N2O2. The van der Waals surface area contributed by atoms with E-state index in [0.717, 1.165) is 12.2 Å². The minimum absolute atomic E-state index is 0.333. The molecule has 0 spiro atoms. The Morgan fingerprint density at radius 1 is 1.35 bits per heavy atom. The normalized spacial score (nSPS) is 18.7. The van der Waals surface area contributed by atoms with E-state index in [1.54, 1.807) is 12.1 Å². The van der Waals surface area contributed by atoms with Gasteiger partial charge in [-0.1, -0.05) is 6.92 Å². The first-order valence-electron chi connectivity index (χ1n) is 7.42. The lowest BCUT2D eigenvalue weighted by atomic mass is 9.90. The summed E-state index contributed by atoms with van der Waals surface area (Å²) in [7, 11) is 0. The van der Waals surface area contributed by atoms with Gasteiger partial charge in [-0.15, -0.1) is 0 Å². The maximum Gasteiger partial charge on any atom is 0.335 e. The number of nitrogens with zero attached hydrogens (tertiary/aromatic N) is 1. The predicted octanol–water partition coefficient (Wildman–Crippen LogP) is 2.92. The molecule has 1 unspecified atom stereocenters. The molecule has 0 aromatic heterocycles. The number of carboxylic acid groups (broad SMARTS) is 1. The summed E-state index contributed by atoms with van der Waals surface area (Å²) in [4.78, 5) is 13.3. The van der Waals surface area contributed by atoms with Crippen molar-refractivity contribution in [2.45, 2.75) is 32.7 Å². The summed E-state index contributed by atoms with van der Waals surface area (Å²) in [5.74, 6) is -0.187. The highest BCUT2D eigenvalue weighted by molar-refractivity contribution is 5.87. The number of carbonyl (C=O) groups is 1. The molecule has 1 atom stereocenters. The molecule has 2 N–H and O–H groups in total. The molecule has 20 heavy (non-hydrogen) atoms. The highest BCUT2D eigenvalue weighted by Crippen LogP contribution is 2.23. The maximum absolute atomic E-state index is 10.8. The van der Waals surface area contributed by atoms with E-state index in [1.807, 2.05) is 12.1 Å². The van der Waals surface area contributed by atoms with Crippen molar-refractivity contribution < 1.29 is 9.90 Å². The number of hydrogen-bond acceptors (Lipinski definition) is 3. The average Bonchev–Trinajstić information content (AvgIpc) is 2.48. The van der Waals surface area contributed by atoms with Crippen LogP contribution in [0.15, 0.2) is 24.3 Å². The first-order valence-corrected chi connectivity index (χ1v) is 7.42. The molecule has 1 heterocycles. The fraction of sp³-hybridized carbons (Fsp3) is 0.562. The lowest BCUT2D eigenvalue weighted by Gasteiger charge is -2.34. The van der Waals surface area contributed by atoms with Gasteiger partial charge >= 0.3 is 5.97 Å². The monoisotopic (exact) mass is 276 g/mol. The number of likely N-dealkylation sites (tertiary alicyclic amines) is 1. The Morgan fingerprint density at radius 3 is 2.45 bits per heavy atom. The van der Waals surface area contributed by atoms with E-state index >= 15 is 0 Å². The summed E-state index contributed by atoms with van der Waals surface area (Å²) >= 11 is 0. The van der Waals surface area contributed by atoms with E-state index in [-0.39, 0.29) is 0 Å². The van der Waals surface area contributed by atoms with E-state index in [1.165, 1.54) is 25.9 Å². The first kappa shape index (κ1) is 14.9. The molecule has 1 aromatic carbocycles. The number of carboxylic acids is 1. The summed E-state index contributed by atoms with van der Waals surface area (Å²) < 4.78 is 0. The number of nitrogens with one attached hydrogen (secondary N) is 1. The molecule has 0 amide bonds. The van der Waals surface area contributed by atoms with Crippen LogP contribution in [-0.2, 0) is 0 Å². The Bertz CT molecular complexity index is 436. The molecule has 1 aromatic rings. The van der Waals surface area contributed by atoms with Crippen molar-refractivity contribution in [3.63, 3.8) is 0 Å². The Kier molecular flexibility index (Phi) is 5.01. The second-order valence-electron chi connectivity index (χ2n) is 5.59. The fourth-order valence-electron chi connectivity index (χ4n) is 2.86. The van der Waals surface area contributed by atoms with Crippen LogP contribution in [0.3, 0.4) is 0 Å². The molecule has 1 aliphatic heterocycles. The van der Waals surface area contributed by atoms with E-state index in [0.29, 0.717) is 17.5 Å². The molecule has 1 saturated heterocycles. The van der Waals surface area contributed by atoms with Crippen molar-refractivity contribution in [2.75, 3.05) is 25.0 Å². The highest BCUT2D eigenvalue weighted by atomic mass is 16.4. The summed E-state index contributed by atoms with van der Waals surface area (Å²) in [6, 6.07) is 7.42. The standard InChI is InChI=1S/C16H24N2O2/c1-3-18-10-8-13(9-11-18)12(2)17-15-6-4-14(5-7-15)16(19)20/h4-7,12-13,17H,3,8-11H2,1-2H3,(H,19,20). The van der Waals surface area contributed by atoms with Gasteiger partial charge in [0, 0.05) is 11.7 Å². The van der Waals surface area contributed by atoms with Crippen LogP contribution in [0.1, 0.15) is 37.0 Å². The minimum Gasteiger partial charge on any atom is -0.478 e. The largest absolute Gasteiger partial charge is 0.478 e. The molecule has 2 rings (SSSR count). The van der Waals surface area contributed by atoms with Gasteiger partial charge in [-0.3, -0.25) is 0 Å². The van der Waals surface area contributed by atoms with Gasteiger partial charge in [-0.05, 0) is 69.6 Å². The van der Waals surface area contributed by atoms with Crippen LogP contribution in [0.2, 0.25) is 0 Å². The number of hydrogen-bond donors (Lipinski definition) is 2. The predicted molar refractivity (Wildman–Crippen MR) is 81.3 cm³/mol. The third kappa shape index (κ3) is 3.73. The fourth-order valence-corrected chi connectivity index (χ4v) is 2.86. The molecule has 0 radical (unpaired) electrons. The average molecular weight is 276 g/mol. The molecule has 0 bridgehead atoms. The van der Waals surface area contributed by atoms with Gasteiger partial charge in [-0.25, -0.2) is 4.79 Å². The molecule has 4 heteroatoms. The maximum atomic E-state index is 10.8. The number of aromatic carboxylic acids is 1. The van der Waals surface area contributed by atoms with Gasteiger partial charge in [0.25, 0.3) is 0 Å². The Labute approximate surface area is 120 Å². The summed E-state index contributed by atoms with van der Waals surface area (Å²) in [5.41, 5.74) is 1.33. The van der Waals surface area contributed by atoms with Crippen LogP contribution in [0.5, 0.6) is 0 Å². The lowest BCUT2D eigenvalue weighted by molar-refractivity contribution is 0.0697. The second-order valence-corrected chi connectivity index (χ2v) is 5.59. The summed E-state index contributed by atoms with van der Waals surface area (Å²) in [6.07, 6.45) is 2.46. The van der Waals surface area contributed by atoms with Crippen molar-refractivity contribution in [2.24, 2.45) is 5.92 Å². The van der Waals surface area contributed by atoms with Crippen LogP contribution >= 0.6 is 0 Å². The SMILES string of the molecule is CCN1CCC(C(C)Nc2ccc(C(=O)O)cc2)CC1. The van der Waals surface area contributed by atoms with Crippen molar-refractivity contribution in [1.29, 1.82) is 0 Å². The molecule has 1 fully saturated rings. The zero-order valence-corrected chi connectivity index (χ0v) is 12.3. The third-order valence-electron chi connectivity index (χ3n) is 4.31. The first-order chi connectivity index (χ1) is 9.60. The third-order valence-corrected chi connectivity index (χ3v) is 4.31. The van der Waals surface area contributed by atoms with E-state index < -0.39 is 5.97 Å². The molecule has 4 nitrogen and oxygen atoms in total. The van der Waals surface area contributed by atoms with Gasteiger partial charge in [0.1, 0.15) is 0 Å². The Balaban J connectivity index is 1.88. The zero-order valence-electron chi connectivity index (χ0n) is 12.3. The van der Waals surface area contributed by atoms with Crippen molar-refractivity contribution in [1.82, 2.24) is 4.90 Å². The zero-order chi connectivity index (χ0) is 14.5.